The highest BCUT2D eigenvalue weighted by Gasteiger charge is 2.11. The van der Waals surface area contributed by atoms with Crippen molar-refractivity contribution >= 4 is 17.5 Å². The van der Waals surface area contributed by atoms with Gasteiger partial charge in [-0.15, -0.1) is 0 Å². The van der Waals surface area contributed by atoms with Gasteiger partial charge in [0.1, 0.15) is 11.5 Å². The summed E-state index contributed by atoms with van der Waals surface area (Å²) >= 11 is 0. The second-order valence-corrected chi connectivity index (χ2v) is 4.99. The lowest BCUT2D eigenvalue weighted by Crippen LogP contribution is -2.33. The highest BCUT2D eigenvalue weighted by molar-refractivity contribution is 5.95. The molecule has 21 heavy (non-hydrogen) atoms. The van der Waals surface area contributed by atoms with Crippen LogP contribution < -0.4 is 20.1 Å². The fraction of sp³-hybridized carbons (Fsp3) is 0.467. The van der Waals surface area contributed by atoms with Gasteiger partial charge in [0.25, 0.3) is 0 Å². The molecular weight excluding hydrogens is 272 g/mol. The Hall–Kier alpha value is -2.24. The minimum absolute atomic E-state index is 0.0775. The van der Waals surface area contributed by atoms with E-state index in [1.807, 2.05) is 13.8 Å². The summed E-state index contributed by atoms with van der Waals surface area (Å²) in [5.74, 6) is 0.926. The molecule has 0 atom stereocenters. The number of amides is 2. The van der Waals surface area contributed by atoms with Gasteiger partial charge < -0.3 is 20.1 Å². The van der Waals surface area contributed by atoms with Gasteiger partial charge in [-0.1, -0.05) is 13.8 Å². The van der Waals surface area contributed by atoms with Gasteiger partial charge in [0.05, 0.1) is 26.5 Å². The molecule has 0 unspecified atom stereocenters. The molecule has 2 N–H and O–H groups in total. The predicted molar refractivity (Wildman–Crippen MR) is 80.6 cm³/mol. The first-order chi connectivity index (χ1) is 9.96. The van der Waals surface area contributed by atoms with Crippen LogP contribution in [0.5, 0.6) is 11.5 Å². The van der Waals surface area contributed by atoms with Crippen LogP contribution in [0.25, 0.3) is 0 Å². The van der Waals surface area contributed by atoms with Gasteiger partial charge in [-0.2, -0.15) is 0 Å². The summed E-state index contributed by atoms with van der Waals surface area (Å²) in [6.45, 7) is 3.81. The maximum absolute atomic E-state index is 11.8. The quantitative estimate of drug-likeness (QED) is 0.804. The largest absolute Gasteiger partial charge is 0.497 e. The molecule has 0 fully saturated rings. The molecule has 0 bridgehead atoms. The lowest BCUT2D eigenvalue weighted by atomic mass is 10.1. The average molecular weight is 294 g/mol. The molecule has 0 saturated carbocycles. The lowest BCUT2D eigenvalue weighted by molar-refractivity contribution is -0.124. The standard InChI is InChI=1S/C15H22N2O4/c1-10(2)7-14(18)16-9-15(19)17-12-8-11(20-3)5-6-13(12)21-4/h5-6,8,10H,7,9H2,1-4H3,(H,16,18)(H,17,19). The Labute approximate surface area is 124 Å². The van der Waals surface area contributed by atoms with E-state index in [9.17, 15) is 9.59 Å². The summed E-state index contributed by atoms with van der Waals surface area (Å²) in [4.78, 5) is 23.3. The van der Waals surface area contributed by atoms with Crippen LogP contribution in [0.15, 0.2) is 18.2 Å². The van der Waals surface area contributed by atoms with Crippen molar-refractivity contribution < 1.29 is 19.1 Å². The van der Waals surface area contributed by atoms with Crippen molar-refractivity contribution in [3.63, 3.8) is 0 Å². The minimum Gasteiger partial charge on any atom is -0.497 e. The van der Waals surface area contributed by atoms with Gasteiger partial charge in [-0.05, 0) is 18.1 Å². The zero-order valence-corrected chi connectivity index (χ0v) is 12.9. The molecule has 116 valence electrons. The van der Waals surface area contributed by atoms with Gasteiger partial charge >= 0.3 is 0 Å². The molecule has 0 aliphatic heterocycles. The summed E-state index contributed by atoms with van der Waals surface area (Å²) < 4.78 is 10.3. The molecule has 6 heteroatoms. The summed E-state index contributed by atoms with van der Waals surface area (Å²) in [7, 11) is 3.06. The molecule has 2 amide bonds. The van der Waals surface area contributed by atoms with Crippen LogP contribution in [0.1, 0.15) is 20.3 Å². The van der Waals surface area contributed by atoms with Crippen LogP contribution in [0, 0.1) is 5.92 Å². The average Bonchev–Trinajstić information content (AvgIpc) is 2.44. The molecule has 1 aromatic rings. The van der Waals surface area contributed by atoms with Crippen molar-refractivity contribution in [2.45, 2.75) is 20.3 Å². The van der Waals surface area contributed by atoms with Crippen molar-refractivity contribution in [2.75, 3.05) is 26.1 Å². The summed E-state index contributed by atoms with van der Waals surface area (Å²) in [5, 5.41) is 5.26. The van der Waals surface area contributed by atoms with Crippen LogP contribution in [0.3, 0.4) is 0 Å². The van der Waals surface area contributed by atoms with Crippen LogP contribution in [0.4, 0.5) is 5.69 Å². The third-order valence-electron chi connectivity index (χ3n) is 2.72. The molecular formula is C15H22N2O4. The third-order valence-corrected chi connectivity index (χ3v) is 2.72. The smallest absolute Gasteiger partial charge is 0.243 e. The maximum atomic E-state index is 11.8. The Morgan fingerprint density at radius 3 is 2.43 bits per heavy atom. The molecule has 1 aromatic carbocycles. The number of nitrogens with one attached hydrogen (secondary N) is 2. The topological polar surface area (TPSA) is 76.7 Å². The fourth-order valence-corrected chi connectivity index (χ4v) is 1.73. The summed E-state index contributed by atoms with van der Waals surface area (Å²) in [5.41, 5.74) is 0.500. The van der Waals surface area contributed by atoms with Crippen molar-refractivity contribution in [3.8, 4) is 11.5 Å². The Morgan fingerprint density at radius 2 is 1.86 bits per heavy atom. The van der Waals surface area contributed by atoms with Crippen LogP contribution in [-0.2, 0) is 9.59 Å². The molecule has 6 nitrogen and oxygen atoms in total. The lowest BCUT2D eigenvalue weighted by Gasteiger charge is -2.12. The third kappa shape index (κ3) is 5.72. The number of methoxy groups -OCH3 is 2. The van der Waals surface area contributed by atoms with E-state index in [0.717, 1.165) is 0 Å². The van der Waals surface area contributed by atoms with Crippen molar-refractivity contribution in [1.29, 1.82) is 0 Å². The van der Waals surface area contributed by atoms with Crippen LogP contribution in [-0.4, -0.2) is 32.6 Å². The normalized spacial score (nSPS) is 10.1. The first-order valence-electron chi connectivity index (χ1n) is 6.74. The number of carbonyl (C=O) groups excluding carboxylic acids is 2. The highest BCUT2D eigenvalue weighted by Crippen LogP contribution is 2.28. The Kier molecular flexibility index (Phi) is 6.52. The first-order valence-corrected chi connectivity index (χ1v) is 6.74. The first kappa shape index (κ1) is 16.8. The van der Waals surface area contributed by atoms with E-state index in [0.29, 0.717) is 23.6 Å². The second kappa shape index (κ2) is 8.14. The molecule has 0 aromatic heterocycles. The van der Waals surface area contributed by atoms with E-state index in [4.69, 9.17) is 9.47 Å². The molecule has 0 saturated heterocycles. The molecule has 0 spiro atoms. The van der Waals surface area contributed by atoms with Gasteiger partial charge in [-0.3, -0.25) is 9.59 Å². The van der Waals surface area contributed by atoms with E-state index in [1.165, 1.54) is 7.11 Å². The fourth-order valence-electron chi connectivity index (χ4n) is 1.73. The van der Waals surface area contributed by atoms with Gasteiger partial charge in [0.2, 0.25) is 11.8 Å². The second-order valence-electron chi connectivity index (χ2n) is 4.99. The van der Waals surface area contributed by atoms with Gasteiger partial charge in [-0.25, -0.2) is 0 Å². The molecule has 0 aliphatic rings. The number of rotatable bonds is 7. The molecule has 0 heterocycles. The minimum atomic E-state index is -0.321. The molecule has 1 rings (SSSR count). The van der Waals surface area contributed by atoms with E-state index >= 15 is 0 Å². The summed E-state index contributed by atoms with van der Waals surface area (Å²) in [6, 6.07) is 5.09. The number of anilines is 1. The Morgan fingerprint density at radius 1 is 1.14 bits per heavy atom. The number of benzene rings is 1. The van der Waals surface area contributed by atoms with Crippen LogP contribution in [0.2, 0.25) is 0 Å². The van der Waals surface area contributed by atoms with E-state index in [-0.39, 0.29) is 24.3 Å². The van der Waals surface area contributed by atoms with Gasteiger partial charge in [0.15, 0.2) is 0 Å². The molecule has 0 aliphatic carbocycles. The number of ether oxygens (including phenoxy) is 2. The monoisotopic (exact) mass is 294 g/mol. The van der Waals surface area contributed by atoms with E-state index in [1.54, 1.807) is 25.3 Å². The SMILES string of the molecule is COc1ccc(OC)c(NC(=O)CNC(=O)CC(C)C)c1. The van der Waals surface area contributed by atoms with Gasteiger partial charge in [0, 0.05) is 12.5 Å². The zero-order chi connectivity index (χ0) is 15.8. The number of hydrogen-bond donors (Lipinski definition) is 2. The summed E-state index contributed by atoms with van der Waals surface area (Å²) in [6.07, 6.45) is 0.399. The predicted octanol–water partition coefficient (Wildman–Crippen LogP) is 1.80. The Bertz CT molecular complexity index is 500. The van der Waals surface area contributed by atoms with Crippen molar-refractivity contribution in [3.05, 3.63) is 18.2 Å². The van der Waals surface area contributed by atoms with E-state index < -0.39 is 0 Å². The Balaban J connectivity index is 2.60. The number of hydrogen-bond acceptors (Lipinski definition) is 4. The molecule has 0 radical (unpaired) electrons. The van der Waals surface area contributed by atoms with E-state index in [2.05, 4.69) is 10.6 Å². The zero-order valence-electron chi connectivity index (χ0n) is 12.9. The highest BCUT2D eigenvalue weighted by atomic mass is 16.5. The maximum Gasteiger partial charge on any atom is 0.243 e. The van der Waals surface area contributed by atoms with Crippen molar-refractivity contribution in [1.82, 2.24) is 5.32 Å². The van der Waals surface area contributed by atoms with Crippen molar-refractivity contribution in [2.24, 2.45) is 5.92 Å². The number of carbonyl (C=O) groups is 2. The van der Waals surface area contributed by atoms with Crippen LogP contribution >= 0.6 is 0 Å².